The topological polar surface area (TPSA) is 20.3 Å². The SMILES string of the molecule is C#CCN(CC)C(=O)CCCCBr. The van der Waals surface area contributed by atoms with E-state index in [0.29, 0.717) is 19.5 Å². The number of terminal acetylenes is 1. The van der Waals surface area contributed by atoms with Crippen molar-refractivity contribution in [2.45, 2.75) is 26.2 Å². The van der Waals surface area contributed by atoms with Gasteiger partial charge in [0, 0.05) is 18.3 Å². The summed E-state index contributed by atoms with van der Waals surface area (Å²) in [4.78, 5) is 13.2. The number of alkyl halides is 1. The Hall–Kier alpha value is -0.490. The first-order valence-electron chi connectivity index (χ1n) is 4.53. The van der Waals surface area contributed by atoms with E-state index >= 15 is 0 Å². The van der Waals surface area contributed by atoms with Crippen molar-refractivity contribution in [3.05, 3.63) is 0 Å². The molecule has 0 N–H and O–H groups in total. The minimum atomic E-state index is 0.168. The summed E-state index contributed by atoms with van der Waals surface area (Å²) in [5, 5.41) is 0.960. The molecule has 0 saturated heterocycles. The highest BCUT2D eigenvalue weighted by atomic mass is 79.9. The van der Waals surface area contributed by atoms with E-state index in [1.807, 2.05) is 6.92 Å². The maximum Gasteiger partial charge on any atom is 0.223 e. The summed E-state index contributed by atoms with van der Waals surface area (Å²) in [6.45, 7) is 3.08. The Balaban J connectivity index is 3.72. The summed E-state index contributed by atoms with van der Waals surface area (Å²) in [7, 11) is 0. The lowest BCUT2D eigenvalue weighted by atomic mass is 10.2. The van der Waals surface area contributed by atoms with Crippen LogP contribution in [0, 0.1) is 12.3 Å². The van der Waals surface area contributed by atoms with Crippen LogP contribution in [0.25, 0.3) is 0 Å². The fraction of sp³-hybridized carbons (Fsp3) is 0.700. The summed E-state index contributed by atoms with van der Waals surface area (Å²) in [5.41, 5.74) is 0. The van der Waals surface area contributed by atoms with Gasteiger partial charge >= 0.3 is 0 Å². The molecule has 0 bridgehead atoms. The zero-order valence-electron chi connectivity index (χ0n) is 8.05. The minimum Gasteiger partial charge on any atom is -0.332 e. The number of halogens is 1. The van der Waals surface area contributed by atoms with Crippen LogP contribution in [0.3, 0.4) is 0 Å². The quantitative estimate of drug-likeness (QED) is 0.399. The van der Waals surface area contributed by atoms with E-state index in [9.17, 15) is 4.79 Å². The highest BCUT2D eigenvalue weighted by Gasteiger charge is 2.08. The number of amides is 1. The van der Waals surface area contributed by atoms with E-state index in [1.165, 1.54) is 0 Å². The number of nitrogens with zero attached hydrogens (tertiary/aromatic N) is 1. The number of hydrogen-bond donors (Lipinski definition) is 0. The zero-order valence-corrected chi connectivity index (χ0v) is 9.64. The molecular weight excluding hydrogens is 230 g/mol. The van der Waals surface area contributed by atoms with Crippen molar-refractivity contribution in [3.8, 4) is 12.3 Å². The highest BCUT2D eigenvalue weighted by molar-refractivity contribution is 9.09. The molecule has 0 aliphatic rings. The number of unbranched alkanes of at least 4 members (excludes halogenated alkanes) is 1. The summed E-state index contributed by atoms with van der Waals surface area (Å²) < 4.78 is 0. The number of carbonyl (C=O) groups is 1. The first-order chi connectivity index (χ1) is 6.26. The van der Waals surface area contributed by atoms with Crippen LogP contribution < -0.4 is 0 Å². The third-order valence-electron chi connectivity index (χ3n) is 1.79. The van der Waals surface area contributed by atoms with Crippen LogP contribution in [0.2, 0.25) is 0 Å². The van der Waals surface area contributed by atoms with Gasteiger partial charge in [0.1, 0.15) is 0 Å². The summed E-state index contributed by atoms with van der Waals surface area (Å²) in [6, 6.07) is 0. The normalized spacial score (nSPS) is 9.31. The largest absolute Gasteiger partial charge is 0.332 e. The molecule has 0 saturated carbocycles. The molecule has 74 valence electrons. The maximum atomic E-state index is 11.5. The van der Waals surface area contributed by atoms with Crippen molar-refractivity contribution in [1.29, 1.82) is 0 Å². The lowest BCUT2D eigenvalue weighted by Crippen LogP contribution is -2.30. The van der Waals surface area contributed by atoms with Gasteiger partial charge in [-0.15, -0.1) is 6.42 Å². The summed E-state index contributed by atoms with van der Waals surface area (Å²) in [6.07, 6.45) is 7.74. The van der Waals surface area contributed by atoms with Crippen molar-refractivity contribution >= 4 is 21.8 Å². The molecular formula is C10H16BrNO. The van der Waals surface area contributed by atoms with Gasteiger partial charge in [0.2, 0.25) is 5.91 Å². The van der Waals surface area contributed by atoms with Gasteiger partial charge in [-0.3, -0.25) is 4.79 Å². The Morgan fingerprint density at radius 2 is 2.23 bits per heavy atom. The van der Waals surface area contributed by atoms with Gasteiger partial charge in [-0.25, -0.2) is 0 Å². The molecule has 1 amide bonds. The van der Waals surface area contributed by atoms with Crippen LogP contribution >= 0.6 is 15.9 Å². The van der Waals surface area contributed by atoms with E-state index < -0.39 is 0 Å². The Morgan fingerprint density at radius 3 is 2.69 bits per heavy atom. The molecule has 0 rings (SSSR count). The lowest BCUT2D eigenvalue weighted by molar-refractivity contribution is -0.130. The van der Waals surface area contributed by atoms with Crippen LogP contribution in [0.15, 0.2) is 0 Å². The molecule has 0 spiro atoms. The second-order valence-corrected chi connectivity index (χ2v) is 3.55. The highest BCUT2D eigenvalue weighted by Crippen LogP contribution is 2.02. The van der Waals surface area contributed by atoms with Crippen LogP contribution in [-0.4, -0.2) is 29.2 Å². The standard InChI is InChI=1S/C10H16BrNO/c1-3-9-12(4-2)10(13)7-5-6-8-11/h1H,4-9H2,2H3. The molecule has 0 fully saturated rings. The summed E-state index contributed by atoms with van der Waals surface area (Å²) >= 11 is 3.33. The molecule has 0 aromatic carbocycles. The van der Waals surface area contributed by atoms with E-state index in [0.717, 1.165) is 18.2 Å². The first-order valence-corrected chi connectivity index (χ1v) is 5.65. The van der Waals surface area contributed by atoms with Crippen LogP contribution in [-0.2, 0) is 4.79 Å². The van der Waals surface area contributed by atoms with Crippen LogP contribution in [0.5, 0.6) is 0 Å². The van der Waals surface area contributed by atoms with E-state index in [2.05, 4.69) is 21.9 Å². The Morgan fingerprint density at radius 1 is 1.54 bits per heavy atom. The number of rotatable bonds is 6. The third kappa shape index (κ3) is 5.70. The summed E-state index contributed by atoms with van der Waals surface area (Å²) in [5.74, 6) is 2.65. The third-order valence-corrected chi connectivity index (χ3v) is 2.35. The molecule has 13 heavy (non-hydrogen) atoms. The maximum absolute atomic E-state index is 11.5. The van der Waals surface area contributed by atoms with Gasteiger partial charge < -0.3 is 4.90 Å². The molecule has 0 aromatic rings. The lowest BCUT2D eigenvalue weighted by Gasteiger charge is -2.17. The smallest absolute Gasteiger partial charge is 0.223 e. The minimum absolute atomic E-state index is 0.168. The molecule has 3 heteroatoms. The molecule has 0 atom stereocenters. The van der Waals surface area contributed by atoms with Crippen molar-refractivity contribution < 1.29 is 4.79 Å². The van der Waals surface area contributed by atoms with Gasteiger partial charge in [-0.1, -0.05) is 21.9 Å². The average Bonchev–Trinajstić information content (AvgIpc) is 2.14. The monoisotopic (exact) mass is 245 g/mol. The number of carbonyl (C=O) groups excluding carboxylic acids is 1. The van der Waals surface area contributed by atoms with Gasteiger partial charge in [0.15, 0.2) is 0 Å². The average molecular weight is 246 g/mol. The van der Waals surface area contributed by atoms with Gasteiger partial charge in [0.05, 0.1) is 6.54 Å². The van der Waals surface area contributed by atoms with Crippen molar-refractivity contribution in [2.24, 2.45) is 0 Å². The first kappa shape index (κ1) is 12.5. The molecule has 0 radical (unpaired) electrons. The van der Waals surface area contributed by atoms with Crippen molar-refractivity contribution in [2.75, 3.05) is 18.4 Å². The predicted molar refractivity (Wildman–Crippen MR) is 58.7 cm³/mol. The molecule has 2 nitrogen and oxygen atoms in total. The van der Waals surface area contributed by atoms with Crippen molar-refractivity contribution in [3.63, 3.8) is 0 Å². The Labute approximate surface area is 88.8 Å². The fourth-order valence-corrected chi connectivity index (χ4v) is 1.41. The fourth-order valence-electron chi connectivity index (χ4n) is 1.02. The van der Waals surface area contributed by atoms with Gasteiger partial charge in [0.25, 0.3) is 0 Å². The molecule has 0 unspecified atom stereocenters. The second kappa shape index (κ2) is 8.12. The molecule has 0 aliphatic carbocycles. The van der Waals surface area contributed by atoms with Gasteiger partial charge in [-0.2, -0.15) is 0 Å². The molecule has 0 aromatic heterocycles. The Bertz CT molecular complexity index is 186. The second-order valence-electron chi connectivity index (χ2n) is 2.76. The zero-order chi connectivity index (χ0) is 10.1. The van der Waals surface area contributed by atoms with E-state index in [4.69, 9.17) is 6.42 Å². The van der Waals surface area contributed by atoms with Crippen LogP contribution in [0.4, 0.5) is 0 Å². The van der Waals surface area contributed by atoms with E-state index in [1.54, 1.807) is 4.90 Å². The molecule has 0 aliphatic heterocycles. The van der Waals surface area contributed by atoms with E-state index in [-0.39, 0.29) is 5.91 Å². The Kier molecular flexibility index (Phi) is 7.82. The predicted octanol–water partition coefficient (Wildman–Crippen LogP) is 2.03. The van der Waals surface area contributed by atoms with Crippen LogP contribution in [0.1, 0.15) is 26.2 Å². The molecule has 0 heterocycles. The number of hydrogen-bond acceptors (Lipinski definition) is 1. The van der Waals surface area contributed by atoms with Crippen molar-refractivity contribution in [1.82, 2.24) is 4.90 Å². The van der Waals surface area contributed by atoms with Gasteiger partial charge in [-0.05, 0) is 19.8 Å².